The van der Waals surface area contributed by atoms with Crippen LogP contribution in [0.1, 0.15) is 26.2 Å². The Bertz CT molecular complexity index is 172. The fraction of sp³-hybridized carbons (Fsp3) is 0.750. The van der Waals surface area contributed by atoms with Crippen LogP contribution in [0.3, 0.4) is 0 Å². The van der Waals surface area contributed by atoms with Crippen molar-refractivity contribution < 1.29 is 14.3 Å². The monoisotopic (exact) mass is 156 g/mol. The summed E-state index contributed by atoms with van der Waals surface area (Å²) in [5.74, 6) is 0.298. The molecule has 0 saturated carbocycles. The second-order valence-electron chi connectivity index (χ2n) is 2.89. The van der Waals surface area contributed by atoms with E-state index in [0.29, 0.717) is 25.9 Å². The Morgan fingerprint density at radius 3 is 3.00 bits per heavy atom. The third-order valence-corrected chi connectivity index (χ3v) is 1.70. The van der Waals surface area contributed by atoms with Gasteiger partial charge in [0.05, 0.1) is 12.7 Å². The standard InChI is InChI=1S/C8H12O3/c1-6(9)4-8-5-7(10)2-3-11-8/h8H,2-5H2,1H3. The van der Waals surface area contributed by atoms with E-state index in [2.05, 4.69) is 0 Å². The van der Waals surface area contributed by atoms with Crippen LogP contribution in [-0.4, -0.2) is 24.3 Å². The van der Waals surface area contributed by atoms with Crippen LogP contribution in [0.5, 0.6) is 0 Å². The lowest BCUT2D eigenvalue weighted by Gasteiger charge is -2.20. The summed E-state index contributed by atoms with van der Waals surface area (Å²) in [6.45, 7) is 2.00. The molecule has 11 heavy (non-hydrogen) atoms. The molecule has 1 saturated heterocycles. The van der Waals surface area contributed by atoms with E-state index in [-0.39, 0.29) is 17.7 Å². The molecular weight excluding hydrogens is 144 g/mol. The van der Waals surface area contributed by atoms with Gasteiger partial charge >= 0.3 is 0 Å². The number of hydrogen-bond acceptors (Lipinski definition) is 3. The Kier molecular flexibility index (Phi) is 2.76. The normalized spacial score (nSPS) is 25.2. The highest BCUT2D eigenvalue weighted by Crippen LogP contribution is 2.12. The molecule has 0 aromatic heterocycles. The average Bonchev–Trinajstić information content (AvgIpc) is 1.85. The minimum absolute atomic E-state index is 0.0877. The van der Waals surface area contributed by atoms with Crippen LogP contribution in [0.4, 0.5) is 0 Å². The molecule has 1 rings (SSSR count). The number of carbonyl (C=O) groups excluding carboxylic acids is 2. The van der Waals surface area contributed by atoms with Gasteiger partial charge in [-0.25, -0.2) is 0 Å². The first-order valence-electron chi connectivity index (χ1n) is 3.81. The second-order valence-corrected chi connectivity index (χ2v) is 2.89. The van der Waals surface area contributed by atoms with Crippen LogP contribution < -0.4 is 0 Å². The molecule has 3 nitrogen and oxygen atoms in total. The molecule has 1 fully saturated rings. The summed E-state index contributed by atoms with van der Waals surface area (Å²) in [5, 5.41) is 0. The van der Waals surface area contributed by atoms with E-state index in [1.165, 1.54) is 6.92 Å². The fourth-order valence-corrected chi connectivity index (χ4v) is 1.21. The maximum absolute atomic E-state index is 10.9. The summed E-state index contributed by atoms with van der Waals surface area (Å²) < 4.78 is 5.22. The van der Waals surface area contributed by atoms with Gasteiger partial charge in [-0.05, 0) is 6.92 Å². The molecule has 1 aliphatic heterocycles. The smallest absolute Gasteiger partial charge is 0.137 e. The molecule has 0 aliphatic carbocycles. The van der Waals surface area contributed by atoms with Gasteiger partial charge in [0.1, 0.15) is 11.6 Å². The van der Waals surface area contributed by atoms with Gasteiger partial charge in [-0.15, -0.1) is 0 Å². The highest BCUT2D eigenvalue weighted by molar-refractivity contribution is 5.81. The fourth-order valence-electron chi connectivity index (χ4n) is 1.21. The summed E-state index contributed by atoms with van der Waals surface area (Å²) in [5.41, 5.74) is 0. The third kappa shape index (κ3) is 2.80. The van der Waals surface area contributed by atoms with Crippen molar-refractivity contribution in [3.63, 3.8) is 0 Å². The number of carbonyl (C=O) groups is 2. The zero-order chi connectivity index (χ0) is 8.27. The first kappa shape index (κ1) is 8.40. The lowest BCUT2D eigenvalue weighted by Crippen LogP contribution is -2.27. The molecule has 0 spiro atoms. The molecule has 1 aliphatic rings. The SMILES string of the molecule is CC(=O)CC1CC(=O)CCO1. The highest BCUT2D eigenvalue weighted by atomic mass is 16.5. The van der Waals surface area contributed by atoms with E-state index >= 15 is 0 Å². The number of ether oxygens (including phenoxy) is 1. The van der Waals surface area contributed by atoms with E-state index < -0.39 is 0 Å². The maximum atomic E-state index is 10.9. The van der Waals surface area contributed by atoms with Gasteiger partial charge in [-0.3, -0.25) is 9.59 Å². The Balaban J connectivity index is 2.34. The average molecular weight is 156 g/mol. The van der Waals surface area contributed by atoms with Gasteiger partial charge in [0, 0.05) is 19.3 Å². The van der Waals surface area contributed by atoms with Crippen molar-refractivity contribution in [1.82, 2.24) is 0 Å². The van der Waals surface area contributed by atoms with Crippen LogP contribution in [0, 0.1) is 0 Å². The van der Waals surface area contributed by atoms with E-state index in [9.17, 15) is 9.59 Å². The van der Waals surface area contributed by atoms with Crippen molar-refractivity contribution in [2.75, 3.05) is 6.61 Å². The van der Waals surface area contributed by atoms with Gasteiger partial charge in [0.15, 0.2) is 0 Å². The summed E-state index contributed by atoms with van der Waals surface area (Å²) in [6, 6.07) is 0. The van der Waals surface area contributed by atoms with Gasteiger partial charge < -0.3 is 4.74 Å². The topological polar surface area (TPSA) is 43.4 Å². The molecule has 3 heteroatoms. The van der Waals surface area contributed by atoms with Crippen molar-refractivity contribution in [3.8, 4) is 0 Å². The van der Waals surface area contributed by atoms with Crippen LogP contribution in [0.15, 0.2) is 0 Å². The van der Waals surface area contributed by atoms with Crippen LogP contribution in [-0.2, 0) is 14.3 Å². The highest BCUT2D eigenvalue weighted by Gasteiger charge is 2.20. The molecule has 0 bridgehead atoms. The quantitative estimate of drug-likeness (QED) is 0.591. The van der Waals surface area contributed by atoms with Crippen LogP contribution in [0.2, 0.25) is 0 Å². The lowest BCUT2D eigenvalue weighted by molar-refractivity contribution is -0.131. The zero-order valence-electron chi connectivity index (χ0n) is 6.63. The Hall–Kier alpha value is -0.700. The van der Waals surface area contributed by atoms with Crippen LogP contribution >= 0.6 is 0 Å². The van der Waals surface area contributed by atoms with E-state index in [0.717, 1.165) is 0 Å². The summed E-state index contributed by atoms with van der Waals surface area (Å²) in [4.78, 5) is 21.5. The van der Waals surface area contributed by atoms with Gasteiger partial charge in [-0.1, -0.05) is 0 Å². The van der Waals surface area contributed by atoms with Crippen molar-refractivity contribution in [2.45, 2.75) is 32.3 Å². The Morgan fingerprint density at radius 2 is 2.45 bits per heavy atom. The van der Waals surface area contributed by atoms with Gasteiger partial charge in [0.25, 0.3) is 0 Å². The zero-order valence-corrected chi connectivity index (χ0v) is 6.63. The molecule has 0 aromatic rings. The first-order valence-corrected chi connectivity index (χ1v) is 3.81. The van der Waals surface area contributed by atoms with Crippen molar-refractivity contribution in [1.29, 1.82) is 0 Å². The number of rotatable bonds is 2. The molecule has 62 valence electrons. The molecule has 0 N–H and O–H groups in total. The van der Waals surface area contributed by atoms with E-state index in [4.69, 9.17) is 4.74 Å². The number of hydrogen-bond donors (Lipinski definition) is 0. The van der Waals surface area contributed by atoms with Crippen molar-refractivity contribution in [3.05, 3.63) is 0 Å². The minimum atomic E-state index is -0.145. The minimum Gasteiger partial charge on any atom is -0.377 e. The third-order valence-electron chi connectivity index (χ3n) is 1.70. The molecule has 0 aromatic carbocycles. The maximum Gasteiger partial charge on any atom is 0.137 e. The van der Waals surface area contributed by atoms with Gasteiger partial charge in [0.2, 0.25) is 0 Å². The van der Waals surface area contributed by atoms with Gasteiger partial charge in [-0.2, -0.15) is 0 Å². The largest absolute Gasteiger partial charge is 0.377 e. The molecule has 1 atom stereocenters. The predicted octanol–water partition coefficient (Wildman–Crippen LogP) is 0.714. The van der Waals surface area contributed by atoms with E-state index in [1.807, 2.05) is 0 Å². The molecule has 1 heterocycles. The molecule has 0 radical (unpaired) electrons. The Labute approximate surface area is 65.7 Å². The predicted molar refractivity (Wildman–Crippen MR) is 39.3 cm³/mol. The number of ketones is 2. The van der Waals surface area contributed by atoms with E-state index in [1.54, 1.807) is 0 Å². The van der Waals surface area contributed by atoms with Crippen molar-refractivity contribution >= 4 is 11.6 Å². The summed E-state index contributed by atoms with van der Waals surface area (Å²) in [6.07, 6.45) is 1.16. The summed E-state index contributed by atoms with van der Waals surface area (Å²) in [7, 11) is 0. The van der Waals surface area contributed by atoms with Crippen molar-refractivity contribution in [2.24, 2.45) is 0 Å². The van der Waals surface area contributed by atoms with Crippen LogP contribution in [0.25, 0.3) is 0 Å². The lowest BCUT2D eigenvalue weighted by atomic mass is 10.0. The molecular formula is C8H12O3. The Morgan fingerprint density at radius 1 is 1.73 bits per heavy atom. The second kappa shape index (κ2) is 3.62. The molecule has 1 unspecified atom stereocenters. The summed E-state index contributed by atoms with van der Waals surface area (Å²) >= 11 is 0. The first-order chi connectivity index (χ1) is 5.18. The number of Topliss-reactive ketones (excluding diaryl/α,β-unsaturated/α-hetero) is 2. The molecule has 0 amide bonds.